The van der Waals surface area contributed by atoms with Crippen LogP contribution in [-0.4, -0.2) is 6.29 Å². The molecule has 0 saturated carbocycles. The summed E-state index contributed by atoms with van der Waals surface area (Å²) in [4.78, 5) is 11.9. The number of carbonyl (C=O) groups excluding carboxylic acids is 1. The Labute approximate surface area is 211 Å². The summed E-state index contributed by atoms with van der Waals surface area (Å²) in [5, 5.41) is 0.948. The van der Waals surface area contributed by atoms with Gasteiger partial charge in [0, 0.05) is 16.3 Å². The molecule has 4 aromatic rings. The van der Waals surface area contributed by atoms with Gasteiger partial charge in [0.2, 0.25) is 0 Å². The standard InChI is InChI=1S/C32H33O2P/c1-4-32(3,35-31-18-15-24(2)19-28(31)22-33)29-21-27(20-25-11-7-5-8-12-25)16-17-30(29)34-23-26-13-9-6-10-14-26/h5-19,21-22,35H,4,20,23H2,1-3H3. The molecule has 0 fully saturated rings. The second-order valence-corrected chi connectivity index (χ2v) is 11.2. The summed E-state index contributed by atoms with van der Waals surface area (Å²) in [5.41, 5.74) is 6.81. The first-order valence-electron chi connectivity index (χ1n) is 12.2. The Morgan fingerprint density at radius 3 is 2.17 bits per heavy atom. The van der Waals surface area contributed by atoms with Crippen LogP contribution in [-0.2, 0) is 18.2 Å². The molecule has 4 aromatic carbocycles. The number of aryl methyl sites for hydroxylation is 1. The van der Waals surface area contributed by atoms with Gasteiger partial charge in [0.15, 0.2) is 6.29 Å². The molecule has 178 valence electrons. The SMILES string of the molecule is CCC(C)(Pc1ccc(C)cc1C=O)c1cc(Cc2ccccc2)ccc1OCc1ccccc1. The van der Waals surface area contributed by atoms with Gasteiger partial charge in [-0.2, -0.15) is 0 Å². The highest BCUT2D eigenvalue weighted by Gasteiger charge is 2.30. The van der Waals surface area contributed by atoms with E-state index in [2.05, 4.69) is 86.6 Å². The first-order chi connectivity index (χ1) is 17.0. The minimum atomic E-state index is -0.161. The summed E-state index contributed by atoms with van der Waals surface area (Å²) in [5.74, 6) is 0.919. The van der Waals surface area contributed by atoms with Crippen LogP contribution in [0.25, 0.3) is 0 Å². The number of hydrogen-bond donors (Lipinski definition) is 0. The molecule has 0 radical (unpaired) electrons. The zero-order valence-corrected chi connectivity index (χ0v) is 21.8. The summed E-state index contributed by atoms with van der Waals surface area (Å²) in [6.07, 6.45) is 2.80. The van der Waals surface area contributed by atoms with E-state index < -0.39 is 0 Å². The second-order valence-electron chi connectivity index (χ2n) is 9.29. The van der Waals surface area contributed by atoms with E-state index in [0.29, 0.717) is 15.2 Å². The van der Waals surface area contributed by atoms with Crippen molar-refractivity contribution in [1.82, 2.24) is 0 Å². The minimum absolute atomic E-state index is 0.161. The molecular formula is C32H33O2P. The Morgan fingerprint density at radius 2 is 1.51 bits per heavy atom. The molecule has 3 heteroatoms. The minimum Gasteiger partial charge on any atom is -0.489 e. The number of ether oxygens (including phenoxy) is 1. The Kier molecular flexibility index (Phi) is 8.16. The topological polar surface area (TPSA) is 26.3 Å². The van der Waals surface area contributed by atoms with E-state index in [1.165, 1.54) is 16.7 Å². The fourth-order valence-electron chi connectivity index (χ4n) is 4.35. The Balaban J connectivity index is 1.72. The maximum Gasteiger partial charge on any atom is 0.150 e. The third-order valence-corrected chi connectivity index (χ3v) is 8.48. The van der Waals surface area contributed by atoms with Crippen LogP contribution in [0.2, 0.25) is 0 Å². The van der Waals surface area contributed by atoms with Crippen molar-refractivity contribution < 1.29 is 9.53 Å². The lowest BCUT2D eigenvalue weighted by Gasteiger charge is -2.32. The van der Waals surface area contributed by atoms with Crippen LogP contribution in [0, 0.1) is 6.92 Å². The average molecular weight is 481 g/mol. The van der Waals surface area contributed by atoms with E-state index in [1.54, 1.807) is 0 Å². The third-order valence-electron chi connectivity index (χ3n) is 6.58. The van der Waals surface area contributed by atoms with Crippen LogP contribution in [0.3, 0.4) is 0 Å². The van der Waals surface area contributed by atoms with E-state index in [9.17, 15) is 4.79 Å². The smallest absolute Gasteiger partial charge is 0.150 e. The van der Waals surface area contributed by atoms with E-state index >= 15 is 0 Å². The predicted octanol–water partition coefficient (Wildman–Crippen LogP) is 7.61. The van der Waals surface area contributed by atoms with E-state index in [0.717, 1.165) is 46.9 Å². The number of carbonyl (C=O) groups is 1. The number of benzene rings is 4. The molecule has 2 atom stereocenters. The van der Waals surface area contributed by atoms with Gasteiger partial charge in [-0.05, 0) is 53.9 Å². The van der Waals surface area contributed by atoms with Crippen LogP contribution in [0.4, 0.5) is 0 Å². The molecule has 4 rings (SSSR count). The highest BCUT2D eigenvalue weighted by molar-refractivity contribution is 7.48. The first-order valence-corrected chi connectivity index (χ1v) is 13.2. The van der Waals surface area contributed by atoms with Gasteiger partial charge in [-0.25, -0.2) is 0 Å². The van der Waals surface area contributed by atoms with Gasteiger partial charge in [-0.3, -0.25) is 4.79 Å². The average Bonchev–Trinajstić information content (AvgIpc) is 2.90. The summed E-state index contributed by atoms with van der Waals surface area (Å²) >= 11 is 0. The van der Waals surface area contributed by atoms with Crippen molar-refractivity contribution in [2.24, 2.45) is 0 Å². The summed E-state index contributed by atoms with van der Waals surface area (Å²) in [6, 6.07) is 33.7. The van der Waals surface area contributed by atoms with Crippen molar-refractivity contribution in [1.29, 1.82) is 0 Å². The van der Waals surface area contributed by atoms with Crippen molar-refractivity contribution in [2.45, 2.75) is 45.4 Å². The number of hydrogen-bond acceptors (Lipinski definition) is 2. The fraction of sp³-hybridized carbons (Fsp3) is 0.219. The Bertz CT molecular complexity index is 1270. The van der Waals surface area contributed by atoms with Crippen molar-refractivity contribution in [3.05, 3.63) is 130 Å². The van der Waals surface area contributed by atoms with Crippen LogP contribution in [0.15, 0.2) is 97.1 Å². The molecule has 0 spiro atoms. The molecule has 2 nitrogen and oxygen atoms in total. The summed E-state index contributed by atoms with van der Waals surface area (Å²) < 4.78 is 6.42. The van der Waals surface area contributed by atoms with Crippen LogP contribution in [0.5, 0.6) is 5.75 Å². The lowest BCUT2D eigenvalue weighted by molar-refractivity contribution is 0.112. The zero-order chi connectivity index (χ0) is 24.7. The molecule has 35 heavy (non-hydrogen) atoms. The maximum absolute atomic E-state index is 11.9. The van der Waals surface area contributed by atoms with Gasteiger partial charge < -0.3 is 4.74 Å². The van der Waals surface area contributed by atoms with Gasteiger partial charge in [0.25, 0.3) is 0 Å². The molecule has 0 aromatic heterocycles. The second kappa shape index (κ2) is 11.5. The lowest BCUT2D eigenvalue weighted by atomic mass is 9.93. The molecule has 0 heterocycles. The van der Waals surface area contributed by atoms with Gasteiger partial charge in [-0.15, -0.1) is 0 Å². The fourth-order valence-corrected chi connectivity index (χ4v) is 5.89. The van der Waals surface area contributed by atoms with E-state index in [1.807, 2.05) is 31.2 Å². The van der Waals surface area contributed by atoms with Crippen molar-refractivity contribution >= 4 is 20.2 Å². The quantitative estimate of drug-likeness (QED) is 0.172. The van der Waals surface area contributed by atoms with Gasteiger partial charge in [0.1, 0.15) is 12.4 Å². The highest BCUT2D eigenvalue weighted by atomic mass is 31.1. The van der Waals surface area contributed by atoms with Crippen LogP contribution in [0.1, 0.15) is 58.4 Å². The largest absolute Gasteiger partial charge is 0.489 e. The molecular weight excluding hydrogens is 447 g/mol. The van der Waals surface area contributed by atoms with Gasteiger partial charge in [-0.1, -0.05) is 113 Å². The molecule has 2 unspecified atom stereocenters. The molecule has 0 aliphatic carbocycles. The predicted molar refractivity (Wildman–Crippen MR) is 149 cm³/mol. The zero-order valence-electron chi connectivity index (χ0n) is 20.8. The summed E-state index contributed by atoms with van der Waals surface area (Å²) in [6.45, 7) is 7.09. The van der Waals surface area contributed by atoms with E-state index in [4.69, 9.17) is 4.74 Å². The first kappa shape index (κ1) is 24.9. The maximum atomic E-state index is 11.9. The molecule has 0 bridgehead atoms. The third kappa shape index (κ3) is 6.27. The van der Waals surface area contributed by atoms with Gasteiger partial charge >= 0.3 is 0 Å². The molecule has 0 N–H and O–H groups in total. The van der Waals surface area contributed by atoms with Crippen LogP contribution >= 0.6 is 8.58 Å². The van der Waals surface area contributed by atoms with Gasteiger partial charge in [0.05, 0.1) is 0 Å². The monoisotopic (exact) mass is 480 g/mol. The van der Waals surface area contributed by atoms with E-state index in [-0.39, 0.29) is 5.16 Å². The number of aldehydes is 1. The Morgan fingerprint density at radius 1 is 0.829 bits per heavy atom. The van der Waals surface area contributed by atoms with Crippen molar-refractivity contribution in [2.75, 3.05) is 0 Å². The van der Waals surface area contributed by atoms with Crippen LogP contribution < -0.4 is 10.0 Å². The normalized spacial score (nSPS) is 13.0. The Hall–Kier alpha value is -3.22. The molecule has 0 amide bonds. The van der Waals surface area contributed by atoms with Crippen molar-refractivity contribution in [3.63, 3.8) is 0 Å². The molecule has 0 aliphatic heterocycles. The lowest BCUT2D eigenvalue weighted by Crippen LogP contribution is -2.21. The molecule has 0 saturated heterocycles. The molecule has 0 aliphatic rings. The number of rotatable bonds is 10. The summed E-state index contributed by atoms with van der Waals surface area (Å²) in [7, 11) is 0.448. The highest BCUT2D eigenvalue weighted by Crippen LogP contribution is 2.48. The van der Waals surface area contributed by atoms with Crippen molar-refractivity contribution in [3.8, 4) is 5.75 Å².